The third-order valence-corrected chi connectivity index (χ3v) is 2.94. The molecule has 1 N–H and O–H groups in total. The zero-order valence-corrected chi connectivity index (χ0v) is 10.3. The van der Waals surface area contributed by atoms with E-state index < -0.39 is 0 Å². The Kier molecular flexibility index (Phi) is 4.47. The van der Waals surface area contributed by atoms with E-state index in [1.165, 1.54) is 0 Å². The first-order valence-electron chi connectivity index (χ1n) is 5.84. The van der Waals surface area contributed by atoms with Gasteiger partial charge in [0, 0.05) is 23.5 Å². The Hall–Kier alpha value is -1.38. The molecule has 88 valence electrons. The lowest BCUT2D eigenvalue weighted by Gasteiger charge is -2.29. The average Bonchev–Trinajstić information content (AvgIpc) is 2.30. The van der Waals surface area contributed by atoms with E-state index in [2.05, 4.69) is 31.1 Å². The monoisotopic (exact) mass is 220 g/mol. The first kappa shape index (κ1) is 12.7. The second-order valence-corrected chi connectivity index (χ2v) is 4.35. The highest BCUT2D eigenvalue weighted by Crippen LogP contribution is 2.17. The van der Waals surface area contributed by atoms with Crippen molar-refractivity contribution in [1.82, 2.24) is 10.3 Å². The van der Waals surface area contributed by atoms with Crippen LogP contribution in [0.15, 0.2) is 24.5 Å². The van der Waals surface area contributed by atoms with Crippen LogP contribution in [0, 0.1) is 0 Å². The fraction of sp³-hybridized carbons (Fsp3) is 0.538. The standard InChI is InChI=1S/C13H20N2O/c1-4-8-13(3,5-2)15-12(16)11-6-9-14-10-7-11/h6-7,9-10H,4-5,8H2,1-3H3,(H,15,16). The Labute approximate surface area is 97.3 Å². The van der Waals surface area contributed by atoms with Crippen molar-refractivity contribution in [2.45, 2.75) is 45.6 Å². The summed E-state index contributed by atoms with van der Waals surface area (Å²) in [7, 11) is 0. The predicted molar refractivity (Wildman–Crippen MR) is 65.3 cm³/mol. The number of aromatic nitrogens is 1. The molecule has 0 saturated heterocycles. The van der Waals surface area contributed by atoms with Gasteiger partial charge in [0.25, 0.3) is 5.91 Å². The first-order valence-corrected chi connectivity index (χ1v) is 5.84. The van der Waals surface area contributed by atoms with Crippen molar-refractivity contribution in [3.05, 3.63) is 30.1 Å². The highest BCUT2D eigenvalue weighted by Gasteiger charge is 2.23. The molecule has 16 heavy (non-hydrogen) atoms. The van der Waals surface area contributed by atoms with Crippen molar-refractivity contribution in [1.29, 1.82) is 0 Å². The number of amides is 1. The molecule has 1 rings (SSSR count). The van der Waals surface area contributed by atoms with Crippen LogP contribution in [-0.2, 0) is 0 Å². The summed E-state index contributed by atoms with van der Waals surface area (Å²) < 4.78 is 0. The van der Waals surface area contributed by atoms with Gasteiger partial charge >= 0.3 is 0 Å². The quantitative estimate of drug-likeness (QED) is 0.829. The number of rotatable bonds is 5. The highest BCUT2D eigenvalue weighted by atomic mass is 16.1. The summed E-state index contributed by atoms with van der Waals surface area (Å²) in [5.74, 6) is -0.0137. The van der Waals surface area contributed by atoms with Crippen LogP contribution in [0.5, 0.6) is 0 Å². The molecule has 0 aromatic carbocycles. The van der Waals surface area contributed by atoms with E-state index in [0.717, 1.165) is 19.3 Å². The van der Waals surface area contributed by atoms with Crippen molar-refractivity contribution in [2.24, 2.45) is 0 Å². The summed E-state index contributed by atoms with van der Waals surface area (Å²) in [6.07, 6.45) is 6.29. The van der Waals surface area contributed by atoms with E-state index in [0.29, 0.717) is 5.56 Å². The van der Waals surface area contributed by atoms with Gasteiger partial charge in [0.05, 0.1) is 0 Å². The largest absolute Gasteiger partial charge is 0.347 e. The lowest BCUT2D eigenvalue weighted by molar-refractivity contribution is 0.0898. The normalized spacial score (nSPS) is 14.2. The molecular weight excluding hydrogens is 200 g/mol. The number of carbonyl (C=O) groups is 1. The summed E-state index contributed by atoms with van der Waals surface area (Å²) in [4.78, 5) is 15.9. The third-order valence-electron chi connectivity index (χ3n) is 2.94. The van der Waals surface area contributed by atoms with Crippen LogP contribution in [0.25, 0.3) is 0 Å². The minimum atomic E-state index is -0.102. The second kappa shape index (κ2) is 5.64. The molecule has 3 heteroatoms. The Morgan fingerprint density at radius 1 is 1.38 bits per heavy atom. The molecule has 1 aromatic rings. The van der Waals surface area contributed by atoms with E-state index in [1.807, 2.05) is 0 Å². The minimum absolute atomic E-state index is 0.0137. The molecule has 1 heterocycles. The topological polar surface area (TPSA) is 42.0 Å². The van der Waals surface area contributed by atoms with Gasteiger partial charge in [0.2, 0.25) is 0 Å². The van der Waals surface area contributed by atoms with E-state index in [9.17, 15) is 4.79 Å². The van der Waals surface area contributed by atoms with Crippen molar-refractivity contribution < 1.29 is 4.79 Å². The van der Waals surface area contributed by atoms with Crippen molar-refractivity contribution in [2.75, 3.05) is 0 Å². The summed E-state index contributed by atoms with van der Waals surface area (Å²) in [5, 5.41) is 3.09. The number of hydrogen-bond acceptors (Lipinski definition) is 2. The molecule has 0 aliphatic rings. The average molecular weight is 220 g/mol. The van der Waals surface area contributed by atoms with Crippen LogP contribution in [0.2, 0.25) is 0 Å². The van der Waals surface area contributed by atoms with E-state index in [-0.39, 0.29) is 11.4 Å². The molecule has 0 saturated carbocycles. The molecule has 0 spiro atoms. The molecule has 0 bridgehead atoms. The van der Waals surface area contributed by atoms with Gasteiger partial charge in [-0.1, -0.05) is 20.3 Å². The summed E-state index contributed by atoms with van der Waals surface area (Å²) in [5.41, 5.74) is 0.570. The number of carbonyl (C=O) groups excluding carboxylic acids is 1. The molecule has 1 atom stereocenters. The Bertz CT molecular complexity index is 337. The van der Waals surface area contributed by atoms with Gasteiger partial charge in [0.1, 0.15) is 0 Å². The number of pyridine rings is 1. The molecule has 0 aliphatic heterocycles. The van der Waals surface area contributed by atoms with Crippen LogP contribution in [0.1, 0.15) is 50.4 Å². The molecule has 1 aromatic heterocycles. The van der Waals surface area contributed by atoms with Crippen LogP contribution in [0.3, 0.4) is 0 Å². The van der Waals surface area contributed by atoms with Gasteiger partial charge < -0.3 is 5.32 Å². The first-order chi connectivity index (χ1) is 7.61. The number of hydrogen-bond donors (Lipinski definition) is 1. The third kappa shape index (κ3) is 3.33. The van der Waals surface area contributed by atoms with Gasteiger partial charge in [0.15, 0.2) is 0 Å². The lowest BCUT2D eigenvalue weighted by atomic mass is 9.92. The van der Waals surface area contributed by atoms with E-state index in [1.54, 1.807) is 24.5 Å². The molecule has 3 nitrogen and oxygen atoms in total. The second-order valence-electron chi connectivity index (χ2n) is 4.35. The number of nitrogens with one attached hydrogen (secondary N) is 1. The Morgan fingerprint density at radius 3 is 2.50 bits per heavy atom. The zero-order valence-electron chi connectivity index (χ0n) is 10.3. The van der Waals surface area contributed by atoms with Gasteiger partial charge in [-0.2, -0.15) is 0 Å². The minimum Gasteiger partial charge on any atom is -0.347 e. The van der Waals surface area contributed by atoms with Gasteiger partial charge in [-0.15, -0.1) is 0 Å². The molecule has 0 radical (unpaired) electrons. The molecule has 1 unspecified atom stereocenters. The molecule has 0 fully saturated rings. The molecule has 1 amide bonds. The van der Waals surface area contributed by atoms with Crippen LogP contribution >= 0.6 is 0 Å². The molecule has 0 aliphatic carbocycles. The predicted octanol–water partition coefficient (Wildman–Crippen LogP) is 2.78. The fourth-order valence-electron chi connectivity index (χ4n) is 1.73. The van der Waals surface area contributed by atoms with Crippen molar-refractivity contribution in [3.63, 3.8) is 0 Å². The Morgan fingerprint density at radius 2 is 2.00 bits per heavy atom. The summed E-state index contributed by atoms with van der Waals surface area (Å²) in [6.45, 7) is 6.32. The fourth-order valence-corrected chi connectivity index (χ4v) is 1.73. The van der Waals surface area contributed by atoms with Crippen molar-refractivity contribution in [3.8, 4) is 0 Å². The maximum absolute atomic E-state index is 12.0. The highest BCUT2D eigenvalue weighted by molar-refractivity contribution is 5.94. The maximum Gasteiger partial charge on any atom is 0.251 e. The van der Waals surface area contributed by atoms with Gasteiger partial charge in [-0.05, 0) is 31.9 Å². The van der Waals surface area contributed by atoms with Gasteiger partial charge in [-0.25, -0.2) is 0 Å². The van der Waals surface area contributed by atoms with E-state index >= 15 is 0 Å². The van der Waals surface area contributed by atoms with Crippen LogP contribution < -0.4 is 5.32 Å². The lowest BCUT2D eigenvalue weighted by Crippen LogP contribution is -2.45. The zero-order chi connectivity index (χ0) is 12.0. The van der Waals surface area contributed by atoms with Crippen LogP contribution in [-0.4, -0.2) is 16.4 Å². The maximum atomic E-state index is 12.0. The summed E-state index contributed by atoms with van der Waals surface area (Å²) >= 11 is 0. The van der Waals surface area contributed by atoms with Crippen molar-refractivity contribution >= 4 is 5.91 Å². The number of nitrogens with zero attached hydrogens (tertiary/aromatic N) is 1. The molecular formula is C13H20N2O. The smallest absolute Gasteiger partial charge is 0.251 e. The Balaban J connectivity index is 2.70. The van der Waals surface area contributed by atoms with Crippen LogP contribution in [0.4, 0.5) is 0 Å². The van der Waals surface area contributed by atoms with Gasteiger partial charge in [-0.3, -0.25) is 9.78 Å². The summed E-state index contributed by atoms with van der Waals surface area (Å²) in [6, 6.07) is 3.47. The van der Waals surface area contributed by atoms with E-state index in [4.69, 9.17) is 0 Å². The SMILES string of the molecule is CCCC(C)(CC)NC(=O)c1ccncc1.